The summed E-state index contributed by atoms with van der Waals surface area (Å²) in [7, 11) is 0. The second kappa shape index (κ2) is 7.25. The van der Waals surface area contributed by atoms with E-state index in [1.165, 1.54) is 12.1 Å². The maximum Gasteiger partial charge on any atom is 0.322 e. The largest absolute Gasteiger partial charge is 0.424 e. The highest BCUT2D eigenvalue weighted by atomic mass is 19.1. The van der Waals surface area contributed by atoms with Crippen molar-refractivity contribution in [2.45, 2.75) is 12.5 Å². The van der Waals surface area contributed by atoms with Gasteiger partial charge in [0, 0.05) is 42.7 Å². The molecule has 5 nitrogen and oxygen atoms in total. The molecule has 1 unspecified atom stereocenters. The molecule has 2 aliphatic rings. The minimum Gasteiger partial charge on any atom is -0.424 e. The van der Waals surface area contributed by atoms with Gasteiger partial charge in [-0.25, -0.2) is 18.8 Å². The molecule has 2 aliphatic heterocycles. The Kier molecular flexibility index (Phi) is 4.44. The van der Waals surface area contributed by atoms with Gasteiger partial charge in [-0.05, 0) is 36.8 Å². The van der Waals surface area contributed by atoms with Gasteiger partial charge in [-0.3, -0.25) is 0 Å². The number of benzene rings is 2. The Balaban J connectivity index is 1.52. The van der Waals surface area contributed by atoms with E-state index in [1.54, 1.807) is 12.3 Å². The van der Waals surface area contributed by atoms with Gasteiger partial charge in [0.05, 0.1) is 11.7 Å². The molecule has 1 aromatic heterocycles. The summed E-state index contributed by atoms with van der Waals surface area (Å²) in [4.78, 5) is 8.80. The fourth-order valence-corrected chi connectivity index (χ4v) is 3.86. The predicted molar refractivity (Wildman–Crippen MR) is 104 cm³/mol. The van der Waals surface area contributed by atoms with Crippen LogP contribution in [0.1, 0.15) is 23.7 Å². The third kappa shape index (κ3) is 3.34. The molecule has 7 heteroatoms. The summed E-state index contributed by atoms with van der Waals surface area (Å²) in [6.07, 6.45) is 4.57. The van der Waals surface area contributed by atoms with Crippen molar-refractivity contribution in [3.8, 4) is 11.8 Å². The predicted octanol–water partition coefficient (Wildman–Crippen LogP) is 4.57. The Morgan fingerprint density at radius 1 is 1.00 bits per heavy atom. The zero-order valence-corrected chi connectivity index (χ0v) is 15.5. The molecule has 0 radical (unpaired) electrons. The average Bonchev–Trinajstić information content (AvgIpc) is 3.30. The number of ether oxygens (including phenoxy) is 1. The summed E-state index contributed by atoms with van der Waals surface area (Å²) in [5, 5.41) is 4.22. The van der Waals surface area contributed by atoms with Gasteiger partial charge in [0.15, 0.2) is 0 Å². The number of aromatic nitrogens is 2. The zero-order valence-electron chi connectivity index (χ0n) is 15.5. The van der Waals surface area contributed by atoms with E-state index in [4.69, 9.17) is 4.74 Å². The summed E-state index contributed by atoms with van der Waals surface area (Å²) in [5.41, 5.74) is 1.81. The van der Waals surface area contributed by atoms with E-state index < -0.39 is 11.6 Å². The van der Waals surface area contributed by atoms with Crippen LogP contribution in [0.4, 0.5) is 8.78 Å². The third-order valence-electron chi connectivity index (χ3n) is 5.11. The van der Waals surface area contributed by atoms with Gasteiger partial charge < -0.3 is 9.75 Å². The average molecular weight is 392 g/mol. The summed E-state index contributed by atoms with van der Waals surface area (Å²) in [5.74, 6) is -0.541. The Hall–Kier alpha value is -3.32. The van der Waals surface area contributed by atoms with E-state index in [0.717, 1.165) is 31.1 Å². The Labute approximate surface area is 166 Å². The highest BCUT2D eigenvalue weighted by molar-refractivity contribution is 5.72. The first-order valence-electron chi connectivity index (χ1n) is 9.45. The maximum atomic E-state index is 14.6. The summed E-state index contributed by atoms with van der Waals surface area (Å²) < 4.78 is 33.8. The van der Waals surface area contributed by atoms with Crippen LogP contribution >= 0.6 is 0 Å². The number of halogens is 2. The van der Waals surface area contributed by atoms with Gasteiger partial charge >= 0.3 is 6.01 Å². The number of hydrogen-bond acceptors (Lipinski definition) is 5. The Bertz CT molecular complexity index is 1070. The van der Waals surface area contributed by atoms with E-state index in [1.807, 2.05) is 36.5 Å². The summed E-state index contributed by atoms with van der Waals surface area (Å²) >= 11 is 0. The van der Waals surface area contributed by atoms with Gasteiger partial charge in [0.2, 0.25) is 0 Å². The fraction of sp³-hybridized carbons (Fsp3) is 0.182. The normalized spacial score (nSPS) is 18.6. The molecule has 0 saturated carbocycles. The third-order valence-corrected chi connectivity index (χ3v) is 5.11. The number of fused-ring (bicyclic) bond motifs is 1. The molecule has 0 bridgehead atoms. The monoisotopic (exact) mass is 392 g/mol. The van der Waals surface area contributed by atoms with Crippen molar-refractivity contribution in [1.82, 2.24) is 20.0 Å². The van der Waals surface area contributed by atoms with Crippen molar-refractivity contribution in [3.63, 3.8) is 0 Å². The van der Waals surface area contributed by atoms with Gasteiger partial charge in [-0.15, -0.1) is 0 Å². The lowest BCUT2D eigenvalue weighted by Gasteiger charge is -2.27. The topological polar surface area (TPSA) is 41.5 Å². The van der Waals surface area contributed by atoms with Crippen molar-refractivity contribution in [2.24, 2.45) is 0 Å². The molecule has 1 saturated heterocycles. The molecule has 5 rings (SSSR count). The van der Waals surface area contributed by atoms with E-state index in [0.29, 0.717) is 17.0 Å². The highest BCUT2D eigenvalue weighted by Crippen LogP contribution is 2.43. The summed E-state index contributed by atoms with van der Waals surface area (Å²) in [6.45, 7) is 1.67. The number of hydrazine groups is 1. The lowest BCUT2D eigenvalue weighted by molar-refractivity contribution is 0.0729. The molecule has 29 heavy (non-hydrogen) atoms. The molecule has 1 fully saturated rings. The van der Waals surface area contributed by atoms with Crippen LogP contribution in [0.25, 0.3) is 5.57 Å². The van der Waals surface area contributed by atoms with Crippen LogP contribution in [0.5, 0.6) is 11.8 Å². The number of nitrogens with zero attached hydrogens (tertiary/aromatic N) is 4. The highest BCUT2D eigenvalue weighted by Gasteiger charge is 2.39. The smallest absolute Gasteiger partial charge is 0.322 e. The van der Waals surface area contributed by atoms with E-state index in [-0.39, 0.29) is 12.1 Å². The molecule has 0 aliphatic carbocycles. The van der Waals surface area contributed by atoms with Gasteiger partial charge in [-0.2, -0.15) is 4.98 Å². The molecule has 1 atom stereocenters. The SMILES string of the molecule is Fc1ccc(C2=CN3CCCN3C2c2ccnc(Oc3ccccc3)n2)c(F)c1. The lowest BCUT2D eigenvalue weighted by Crippen LogP contribution is -2.31. The molecular formula is C22H18F2N4O. The van der Waals surface area contributed by atoms with Gasteiger partial charge in [-0.1, -0.05) is 18.2 Å². The van der Waals surface area contributed by atoms with E-state index in [2.05, 4.69) is 20.0 Å². The molecule has 3 aromatic rings. The lowest BCUT2D eigenvalue weighted by atomic mass is 9.96. The van der Waals surface area contributed by atoms with E-state index in [9.17, 15) is 8.78 Å². The fourth-order valence-electron chi connectivity index (χ4n) is 3.86. The Morgan fingerprint density at radius 2 is 1.86 bits per heavy atom. The molecule has 146 valence electrons. The van der Waals surface area contributed by atoms with Gasteiger partial charge in [0.1, 0.15) is 17.4 Å². The second-order valence-electron chi connectivity index (χ2n) is 6.97. The minimum atomic E-state index is -0.595. The molecule has 2 aromatic carbocycles. The van der Waals surface area contributed by atoms with Crippen LogP contribution in [0.15, 0.2) is 67.0 Å². The standard InChI is InChI=1S/C22H18F2N4O/c23-15-7-8-17(19(24)13-15)18-14-27-11-4-12-28(27)21(18)20-9-10-25-22(26-20)29-16-5-2-1-3-6-16/h1-3,5-10,13-14,21H,4,11-12H2. The number of hydrogen-bond donors (Lipinski definition) is 0. The molecular weight excluding hydrogens is 374 g/mol. The minimum absolute atomic E-state index is 0.227. The van der Waals surface area contributed by atoms with Crippen LogP contribution in [0.2, 0.25) is 0 Å². The van der Waals surface area contributed by atoms with E-state index >= 15 is 0 Å². The first-order valence-corrected chi connectivity index (χ1v) is 9.45. The van der Waals surface area contributed by atoms with Crippen molar-refractivity contribution >= 4 is 5.57 Å². The molecule has 0 spiro atoms. The quantitative estimate of drug-likeness (QED) is 0.651. The zero-order chi connectivity index (χ0) is 19.8. The molecule has 0 amide bonds. The number of para-hydroxylation sites is 1. The molecule has 0 N–H and O–H groups in total. The van der Waals surface area contributed by atoms with Crippen molar-refractivity contribution in [2.75, 3.05) is 13.1 Å². The maximum absolute atomic E-state index is 14.6. The van der Waals surface area contributed by atoms with Crippen molar-refractivity contribution < 1.29 is 13.5 Å². The van der Waals surface area contributed by atoms with Crippen LogP contribution in [-0.4, -0.2) is 33.1 Å². The van der Waals surface area contributed by atoms with Crippen LogP contribution in [-0.2, 0) is 0 Å². The van der Waals surface area contributed by atoms with Gasteiger partial charge in [0.25, 0.3) is 0 Å². The summed E-state index contributed by atoms with van der Waals surface area (Å²) in [6, 6.07) is 14.7. The van der Waals surface area contributed by atoms with Crippen molar-refractivity contribution in [1.29, 1.82) is 0 Å². The second-order valence-corrected chi connectivity index (χ2v) is 6.97. The Morgan fingerprint density at radius 3 is 2.69 bits per heavy atom. The molecule has 3 heterocycles. The first-order chi connectivity index (χ1) is 14.2. The van der Waals surface area contributed by atoms with Crippen molar-refractivity contribution in [3.05, 3.63) is 89.9 Å². The van der Waals surface area contributed by atoms with Crippen LogP contribution < -0.4 is 4.74 Å². The van der Waals surface area contributed by atoms with Crippen LogP contribution in [0, 0.1) is 11.6 Å². The number of rotatable bonds is 4. The first kappa shape index (κ1) is 17.8. The van der Waals surface area contributed by atoms with Crippen LogP contribution in [0.3, 0.4) is 0 Å².